The fourth-order valence-corrected chi connectivity index (χ4v) is 2.31. The molecule has 6 heteroatoms. The predicted octanol–water partition coefficient (Wildman–Crippen LogP) is 3.37. The van der Waals surface area contributed by atoms with Gasteiger partial charge in [0.1, 0.15) is 5.44 Å². The van der Waals surface area contributed by atoms with Crippen LogP contribution in [0.25, 0.3) is 0 Å². The Morgan fingerprint density at radius 2 is 1.83 bits per heavy atom. The Bertz CT molecular complexity index is 365. The highest BCUT2D eigenvalue weighted by Crippen LogP contribution is 2.33. The smallest absolute Gasteiger partial charge is 0.381 e. The van der Waals surface area contributed by atoms with Crippen LogP contribution in [0.15, 0.2) is 29.2 Å². The number of alkyl halides is 3. The molecule has 1 N–H and O–H groups in total. The summed E-state index contributed by atoms with van der Waals surface area (Å²) in [6.07, 6.45) is -7.18. The number of thioether (sulfide) groups is 1. The quantitative estimate of drug-likeness (QED) is 0.662. The molecule has 0 amide bonds. The van der Waals surface area contributed by atoms with Gasteiger partial charge in [-0.05, 0) is 26.0 Å². The molecule has 2 unspecified atom stereocenters. The van der Waals surface area contributed by atoms with Gasteiger partial charge in [-0.2, -0.15) is 13.2 Å². The van der Waals surface area contributed by atoms with Gasteiger partial charge >= 0.3 is 6.18 Å². The summed E-state index contributed by atoms with van der Waals surface area (Å²) in [7, 11) is 0. The normalized spacial score (nSPS) is 15.4. The molecule has 0 aliphatic heterocycles. The van der Waals surface area contributed by atoms with Gasteiger partial charge in [0.25, 0.3) is 0 Å². The Kier molecular flexibility index (Phi) is 5.49. The summed E-state index contributed by atoms with van der Waals surface area (Å²) in [4.78, 5) is 0.627. The van der Waals surface area contributed by atoms with Gasteiger partial charge in [0.15, 0.2) is 6.10 Å². The van der Waals surface area contributed by atoms with Crippen molar-refractivity contribution in [3.8, 4) is 0 Å². The largest absolute Gasteiger partial charge is 0.417 e. The highest BCUT2D eigenvalue weighted by atomic mass is 32.2. The first kappa shape index (κ1) is 15.3. The summed E-state index contributed by atoms with van der Waals surface area (Å²) < 4.78 is 42.3. The van der Waals surface area contributed by atoms with Gasteiger partial charge in [0.2, 0.25) is 0 Å². The summed E-state index contributed by atoms with van der Waals surface area (Å²) >= 11 is 0.865. The zero-order valence-corrected chi connectivity index (χ0v) is 10.9. The Morgan fingerprint density at radius 1 is 1.28 bits per heavy atom. The van der Waals surface area contributed by atoms with Gasteiger partial charge in [-0.1, -0.05) is 29.5 Å². The van der Waals surface area contributed by atoms with Gasteiger partial charge in [0, 0.05) is 11.5 Å². The van der Waals surface area contributed by atoms with Gasteiger partial charge in [-0.25, -0.2) is 0 Å². The Labute approximate surface area is 108 Å². The van der Waals surface area contributed by atoms with Crippen molar-refractivity contribution >= 4 is 11.8 Å². The molecule has 0 saturated carbocycles. The lowest BCUT2D eigenvalue weighted by atomic mass is 10.2. The third kappa shape index (κ3) is 4.51. The molecule has 2 atom stereocenters. The molecule has 0 aliphatic carbocycles. The van der Waals surface area contributed by atoms with Crippen LogP contribution in [0.1, 0.15) is 12.5 Å². The topological polar surface area (TPSA) is 29.5 Å². The number of halogens is 3. The molecule has 1 rings (SSSR count). The van der Waals surface area contributed by atoms with E-state index in [9.17, 15) is 18.3 Å². The maximum Gasteiger partial charge on any atom is 0.417 e. The summed E-state index contributed by atoms with van der Waals surface area (Å²) in [6.45, 7) is 3.58. The zero-order chi connectivity index (χ0) is 13.8. The number of rotatable bonds is 5. The highest BCUT2D eigenvalue weighted by molar-refractivity contribution is 7.99. The van der Waals surface area contributed by atoms with E-state index in [1.165, 1.54) is 0 Å². The average molecular weight is 280 g/mol. The number of hydrogen-bond acceptors (Lipinski definition) is 3. The SMILES string of the molecule is CCOC(Sc1ccc(C)cc1)C(O)C(F)(F)F. The van der Waals surface area contributed by atoms with Crippen molar-refractivity contribution in [3.05, 3.63) is 29.8 Å². The van der Waals surface area contributed by atoms with E-state index < -0.39 is 17.7 Å². The molecule has 0 bridgehead atoms. The number of benzene rings is 1. The van der Waals surface area contributed by atoms with E-state index in [1.807, 2.05) is 6.92 Å². The van der Waals surface area contributed by atoms with E-state index in [-0.39, 0.29) is 6.61 Å². The fourth-order valence-electron chi connectivity index (χ4n) is 1.26. The molecule has 0 saturated heterocycles. The number of hydrogen-bond donors (Lipinski definition) is 1. The molecule has 0 radical (unpaired) electrons. The molecule has 102 valence electrons. The first-order valence-electron chi connectivity index (χ1n) is 5.44. The molecule has 0 aromatic heterocycles. The van der Waals surface area contributed by atoms with E-state index in [1.54, 1.807) is 31.2 Å². The molecule has 2 nitrogen and oxygen atoms in total. The molecule has 18 heavy (non-hydrogen) atoms. The first-order valence-corrected chi connectivity index (χ1v) is 6.32. The first-order chi connectivity index (χ1) is 8.34. The number of aliphatic hydroxyl groups is 1. The van der Waals surface area contributed by atoms with Crippen molar-refractivity contribution in [2.24, 2.45) is 0 Å². The summed E-state index contributed by atoms with van der Waals surface area (Å²) in [5.41, 5.74) is -0.332. The Hall–Kier alpha value is -0.720. The van der Waals surface area contributed by atoms with E-state index in [0.29, 0.717) is 4.90 Å². The minimum absolute atomic E-state index is 0.108. The summed E-state index contributed by atoms with van der Waals surface area (Å²) in [6, 6.07) is 7.00. The highest BCUT2D eigenvalue weighted by Gasteiger charge is 2.44. The minimum atomic E-state index is -4.68. The van der Waals surface area contributed by atoms with E-state index in [0.717, 1.165) is 17.3 Å². The summed E-state index contributed by atoms with van der Waals surface area (Å²) in [5.74, 6) is 0. The van der Waals surface area contributed by atoms with Crippen LogP contribution >= 0.6 is 11.8 Å². The van der Waals surface area contributed by atoms with Crippen molar-refractivity contribution < 1.29 is 23.0 Å². The Morgan fingerprint density at radius 3 is 2.28 bits per heavy atom. The van der Waals surface area contributed by atoms with Crippen LogP contribution in [0.3, 0.4) is 0 Å². The molecular formula is C12H15F3O2S. The van der Waals surface area contributed by atoms with Crippen molar-refractivity contribution in [1.82, 2.24) is 0 Å². The van der Waals surface area contributed by atoms with E-state index in [4.69, 9.17) is 4.74 Å². The number of ether oxygens (including phenoxy) is 1. The van der Waals surface area contributed by atoms with Gasteiger partial charge < -0.3 is 9.84 Å². The lowest BCUT2D eigenvalue weighted by Crippen LogP contribution is -2.39. The van der Waals surface area contributed by atoms with Crippen molar-refractivity contribution in [3.63, 3.8) is 0 Å². The van der Waals surface area contributed by atoms with Crippen molar-refractivity contribution in [2.75, 3.05) is 6.61 Å². The van der Waals surface area contributed by atoms with Crippen LogP contribution in [0.4, 0.5) is 13.2 Å². The molecule has 0 aliphatic rings. The van der Waals surface area contributed by atoms with Crippen LogP contribution in [0, 0.1) is 6.92 Å². The van der Waals surface area contributed by atoms with Crippen LogP contribution in [0.5, 0.6) is 0 Å². The predicted molar refractivity (Wildman–Crippen MR) is 64.5 cm³/mol. The minimum Gasteiger partial charge on any atom is -0.381 e. The van der Waals surface area contributed by atoms with E-state index >= 15 is 0 Å². The third-order valence-electron chi connectivity index (χ3n) is 2.20. The lowest BCUT2D eigenvalue weighted by molar-refractivity contribution is -0.222. The molecule has 0 spiro atoms. The average Bonchev–Trinajstić information content (AvgIpc) is 2.29. The molecule has 1 aromatic rings. The second-order valence-electron chi connectivity index (χ2n) is 3.74. The molecule has 0 fully saturated rings. The maximum atomic E-state index is 12.4. The monoisotopic (exact) mass is 280 g/mol. The number of aryl methyl sites for hydroxylation is 1. The van der Waals surface area contributed by atoms with Crippen LogP contribution in [0.2, 0.25) is 0 Å². The van der Waals surface area contributed by atoms with Gasteiger partial charge in [-0.15, -0.1) is 0 Å². The molecular weight excluding hydrogens is 265 g/mol. The second-order valence-corrected chi connectivity index (χ2v) is 4.91. The van der Waals surface area contributed by atoms with Crippen LogP contribution < -0.4 is 0 Å². The van der Waals surface area contributed by atoms with Crippen LogP contribution in [-0.2, 0) is 4.74 Å². The molecule has 0 heterocycles. The summed E-state index contributed by atoms with van der Waals surface area (Å²) in [5, 5.41) is 9.22. The van der Waals surface area contributed by atoms with Gasteiger partial charge in [0.05, 0.1) is 0 Å². The molecule has 1 aromatic carbocycles. The van der Waals surface area contributed by atoms with Crippen molar-refractivity contribution in [2.45, 2.75) is 36.5 Å². The van der Waals surface area contributed by atoms with E-state index in [2.05, 4.69) is 0 Å². The fraction of sp³-hybridized carbons (Fsp3) is 0.500. The van der Waals surface area contributed by atoms with Crippen LogP contribution in [-0.4, -0.2) is 29.4 Å². The lowest BCUT2D eigenvalue weighted by Gasteiger charge is -2.24. The maximum absolute atomic E-state index is 12.4. The van der Waals surface area contributed by atoms with Gasteiger partial charge in [-0.3, -0.25) is 0 Å². The standard InChI is InChI=1S/C12H15F3O2S/c1-3-17-11(10(16)12(13,14)15)18-9-6-4-8(2)5-7-9/h4-7,10-11,16H,3H2,1-2H3. The van der Waals surface area contributed by atoms with Crippen molar-refractivity contribution in [1.29, 1.82) is 0 Å². The third-order valence-corrected chi connectivity index (χ3v) is 3.37. The second kappa shape index (κ2) is 6.45. The number of aliphatic hydroxyl groups excluding tert-OH is 1. The zero-order valence-electron chi connectivity index (χ0n) is 10.1. The Balaban J connectivity index is 2.77.